The Kier molecular flexibility index (Phi) is 5.32. The number of rotatable bonds is 6. The highest BCUT2D eigenvalue weighted by Crippen LogP contribution is 2.11. The fourth-order valence-electron chi connectivity index (χ4n) is 2.38. The van der Waals surface area contributed by atoms with E-state index in [0.29, 0.717) is 25.4 Å². The second-order valence-corrected chi connectivity index (χ2v) is 5.12. The highest BCUT2D eigenvalue weighted by Gasteiger charge is 2.13. The number of piperidine rings is 1. The Bertz CT molecular complexity index is 397. The third-order valence-corrected chi connectivity index (χ3v) is 3.45. The summed E-state index contributed by atoms with van der Waals surface area (Å²) in [4.78, 5) is 15.8. The molecule has 6 heteroatoms. The van der Waals surface area contributed by atoms with Crippen LogP contribution in [0.3, 0.4) is 0 Å². The maximum absolute atomic E-state index is 11.7. The van der Waals surface area contributed by atoms with Crippen LogP contribution in [0.5, 0.6) is 0 Å². The molecule has 1 saturated heterocycles. The second-order valence-electron chi connectivity index (χ2n) is 5.12. The van der Waals surface area contributed by atoms with Crippen molar-refractivity contribution in [2.45, 2.75) is 44.6 Å². The third-order valence-electron chi connectivity index (χ3n) is 3.45. The Morgan fingerprint density at radius 2 is 2.47 bits per heavy atom. The minimum Gasteiger partial charge on any atom is -0.356 e. The number of carbonyl (C=O) groups excluding carboxylic acids is 1. The summed E-state index contributed by atoms with van der Waals surface area (Å²) in [5.41, 5.74) is 0. The Hall–Kier alpha value is -1.43. The predicted molar refractivity (Wildman–Crippen MR) is 72.6 cm³/mol. The van der Waals surface area contributed by atoms with Crippen LogP contribution in [-0.4, -0.2) is 39.8 Å². The topological polar surface area (TPSA) is 71.8 Å². The van der Waals surface area contributed by atoms with Crippen LogP contribution in [-0.2, 0) is 18.3 Å². The highest BCUT2D eigenvalue weighted by atomic mass is 16.1. The first-order valence-electron chi connectivity index (χ1n) is 7.08. The van der Waals surface area contributed by atoms with Gasteiger partial charge < -0.3 is 10.6 Å². The smallest absolute Gasteiger partial charge is 0.220 e. The van der Waals surface area contributed by atoms with Crippen LogP contribution >= 0.6 is 0 Å². The van der Waals surface area contributed by atoms with E-state index in [2.05, 4.69) is 20.7 Å². The molecule has 1 amide bonds. The molecule has 1 aromatic rings. The van der Waals surface area contributed by atoms with Gasteiger partial charge in [0.2, 0.25) is 5.91 Å². The van der Waals surface area contributed by atoms with Crippen LogP contribution in [0.15, 0.2) is 6.33 Å². The van der Waals surface area contributed by atoms with Crippen molar-refractivity contribution in [3.05, 3.63) is 12.2 Å². The predicted octanol–water partition coefficient (Wildman–Crippen LogP) is 0.396. The number of aryl methyl sites for hydroxylation is 1. The number of amides is 1. The summed E-state index contributed by atoms with van der Waals surface area (Å²) < 4.78 is 1.67. The lowest BCUT2D eigenvalue weighted by molar-refractivity contribution is -0.121. The van der Waals surface area contributed by atoms with Crippen LogP contribution < -0.4 is 10.6 Å². The standard InChI is InChI=1S/C13H23N5O/c1-18-10-16-12(17-18)7-9-15-13(19)6-5-11-4-2-3-8-14-11/h10-11,14H,2-9H2,1H3,(H,15,19). The lowest BCUT2D eigenvalue weighted by atomic mass is 10.0. The van der Waals surface area contributed by atoms with E-state index in [4.69, 9.17) is 0 Å². The van der Waals surface area contributed by atoms with E-state index in [1.165, 1.54) is 19.3 Å². The number of nitrogens with zero attached hydrogens (tertiary/aromatic N) is 3. The van der Waals surface area contributed by atoms with Gasteiger partial charge in [0.15, 0.2) is 5.82 Å². The first kappa shape index (κ1) is 14.0. The molecule has 1 aliphatic heterocycles. The Balaban J connectivity index is 1.56. The molecule has 2 heterocycles. The molecule has 2 rings (SSSR count). The number of hydrogen-bond acceptors (Lipinski definition) is 4. The highest BCUT2D eigenvalue weighted by molar-refractivity contribution is 5.75. The molecular formula is C13H23N5O. The molecule has 19 heavy (non-hydrogen) atoms. The van der Waals surface area contributed by atoms with E-state index in [-0.39, 0.29) is 5.91 Å². The zero-order valence-corrected chi connectivity index (χ0v) is 11.6. The van der Waals surface area contributed by atoms with Gasteiger partial charge in [-0.3, -0.25) is 9.48 Å². The fourth-order valence-corrected chi connectivity index (χ4v) is 2.38. The summed E-state index contributed by atoms with van der Waals surface area (Å²) in [5.74, 6) is 0.903. The number of aromatic nitrogens is 3. The molecule has 6 nitrogen and oxygen atoms in total. The number of hydrogen-bond donors (Lipinski definition) is 2. The molecule has 0 aliphatic carbocycles. The van der Waals surface area contributed by atoms with Gasteiger partial charge in [0.1, 0.15) is 6.33 Å². The lowest BCUT2D eigenvalue weighted by Gasteiger charge is -2.22. The van der Waals surface area contributed by atoms with Crippen molar-refractivity contribution in [1.29, 1.82) is 0 Å². The Labute approximate surface area is 114 Å². The molecule has 106 valence electrons. The average molecular weight is 265 g/mol. The quantitative estimate of drug-likeness (QED) is 0.781. The summed E-state index contributed by atoms with van der Waals surface area (Å²) in [7, 11) is 1.84. The molecule has 1 atom stereocenters. The normalized spacial score (nSPS) is 19.3. The zero-order chi connectivity index (χ0) is 13.5. The van der Waals surface area contributed by atoms with Crippen molar-refractivity contribution in [2.75, 3.05) is 13.1 Å². The van der Waals surface area contributed by atoms with Crippen LogP contribution in [0.25, 0.3) is 0 Å². The zero-order valence-electron chi connectivity index (χ0n) is 11.6. The molecule has 0 saturated carbocycles. The van der Waals surface area contributed by atoms with Crippen molar-refractivity contribution in [3.63, 3.8) is 0 Å². The summed E-state index contributed by atoms with van der Waals surface area (Å²) >= 11 is 0. The average Bonchev–Trinajstić information content (AvgIpc) is 2.83. The van der Waals surface area contributed by atoms with Gasteiger partial charge in [-0.1, -0.05) is 6.42 Å². The largest absolute Gasteiger partial charge is 0.356 e. The SMILES string of the molecule is Cn1cnc(CCNC(=O)CCC2CCCCN2)n1. The Morgan fingerprint density at radius 3 is 3.16 bits per heavy atom. The van der Waals surface area contributed by atoms with Crippen molar-refractivity contribution < 1.29 is 4.79 Å². The van der Waals surface area contributed by atoms with Crippen molar-refractivity contribution in [1.82, 2.24) is 25.4 Å². The van der Waals surface area contributed by atoms with Gasteiger partial charge in [0.05, 0.1) is 0 Å². The first-order valence-corrected chi connectivity index (χ1v) is 7.08. The summed E-state index contributed by atoms with van der Waals surface area (Å²) in [5, 5.41) is 10.6. The van der Waals surface area contributed by atoms with Gasteiger partial charge in [0, 0.05) is 32.5 Å². The third kappa shape index (κ3) is 4.98. The molecule has 0 radical (unpaired) electrons. The van der Waals surface area contributed by atoms with Crippen molar-refractivity contribution in [2.24, 2.45) is 7.05 Å². The summed E-state index contributed by atoms with van der Waals surface area (Å²) in [6.07, 6.45) is 7.65. The number of carbonyl (C=O) groups is 1. The molecule has 2 N–H and O–H groups in total. The Morgan fingerprint density at radius 1 is 1.58 bits per heavy atom. The minimum atomic E-state index is 0.128. The number of nitrogens with one attached hydrogen (secondary N) is 2. The molecular weight excluding hydrogens is 242 g/mol. The van der Waals surface area contributed by atoms with Crippen LogP contribution in [0, 0.1) is 0 Å². The van der Waals surface area contributed by atoms with Gasteiger partial charge in [-0.2, -0.15) is 5.10 Å². The summed E-state index contributed by atoms with van der Waals surface area (Å²) in [6.45, 7) is 1.71. The summed E-state index contributed by atoms with van der Waals surface area (Å²) in [6, 6.07) is 0.525. The van der Waals surface area contributed by atoms with Crippen LogP contribution in [0.1, 0.15) is 37.9 Å². The van der Waals surface area contributed by atoms with E-state index in [0.717, 1.165) is 18.8 Å². The van der Waals surface area contributed by atoms with E-state index in [1.807, 2.05) is 7.05 Å². The van der Waals surface area contributed by atoms with Crippen LogP contribution in [0.2, 0.25) is 0 Å². The molecule has 1 aliphatic rings. The molecule has 1 fully saturated rings. The van der Waals surface area contributed by atoms with Gasteiger partial charge in [0.25, 0.3) is 0 Å². The van der Waals surface area contributed by atoms with Crippen LogP contribution in [0.4, 0.5) is 0 Å². The van der Waals surface area contributed by atoms with E-state index in [1.54, 1.807) is 11.0 Å². The maximum atomic E-state index is 11.7. The monoisotopic (exact) mass is 265 g/mol. The van der Waals surface area contributed by atoms with Gasteiger partial charge in [-0.15, -0.1) is 0 Å². The van der Waals surface area contributed by atoms with Gasteiger partial charge >= 0.3 is 0 Å². The molecule has 0 aromatic carbocycles. The first-order chi connectivity index (χ1) is 9.24. The van der Waals surface area contributed by atoms with Gasteiger partial charge in [-0.05, 0) is 25.8 Å². The molecule has 1 aromatic heterocycles. The van der Waals surface area contributed by atoms with Crippen molar-refractivity contribution >= 4 is 5.91 Å². The van der Waals surface area contributed by atoms with Gasteiger partial charge in [-0.25, -0.2) is 4.98 Å². The minimum absolute atomic E-state index is 0.128. The lowest BCUT2D eigenvalue weighted by Crippen LogP contribution is -2.35. The van der Waals surface area contributed by atoms with E-state index < -0.39 is 0 Å². The maximum Gasteiger partial charge on any atom is 0.220 e. The van der Waals surface area contributed by atoms with Crippen molar-refractivity contribution in [3.8, 4) is 0 Å². The molecule has 0 bridgehead atoms. The fraction of sp³-hybridized carbons (Fsp3) is 0.769. The molecule has 0 spiro atoms. The van der Waals surface area contributed by atoms with E-state index >= 15 is 0 Å². The van der Waals surface area contributed by atoms with E-state index in [9.17, 15) is 4.79 Å². The second kappa shape index (κ2) is 7.23. The molecule has 1 unspecified atom stereocenters.